The molecular weight excluding hydrogens is 174 g/mol. The zero-order valence-corrected chi connectivity index (χ0v) is 9.68. The first-order valence-corrected chi connectivity index (χ1v) is 5.95. The highest BCUT2D eigenvalue weighted by atomic mass is 15.1. The van der Waals surface area contributed by atoms with Gasteiger partial charge in [-0.3, -0.25) is 0 Å². The van der Waals surface area contributed by atoms with Crippen molar-refractivity contribution in [3.8, 4) is 0 Å². The van der Waals surface area contributed by atoms with Crippen LogP contribution in [0.25, 0.3) is 0 Å². The van der Waals surface area contributed by atoms with E-state index in [0.29, 0.717) is 0 Å². The maximum absolute atomic E-state index is 3.55. The van der Waals surface area contributed by atoms with E-state index in [1.54, 1.807) is 0 Å². The van der Waals surface area contributed by atoms with E-state index < -0.39 is 0 Å². The van der Waals surface area contributed by atoms with Gasteiger partial charge >= 0.3 is 0 Å². The molecule has 0 aliphatic carbocycles. The molecule has 0 saturated carbocycles. The summed E-state index contributed by atoms with van der Waals surface area (Å²) in [4.78, 5) is 2.33. The molecule has 0 aromatic rings. The number of hydrogen-bond acceptors (Lipinski definition) is 3. The van der Waals surface area contributed by atoms with Gasteiger partial charge in [-0.25, -0.2) is 0 Å². The minimum atomic E-state index is 0.718. The van der Waals surface area contributed by atoms with Crippen LogP contribution in [0.2, 0.25) is 0 Å². The van der Waals surface area contributed by atoms with Crippen molar-refractivity contribution in [2.45, 2.75) is 32.2 Å². The average Bonchev–Trinajstić information content (AvgIpc) is 2.25. The molecule has 1 aliphatic heterocycles. The molecule has 0 bridgehead atoms. The Balaban J connectivity index is 1.92. The molecule has 0 radical (unpaired) electrons. The molecule has 1 unspecified atom stereocenters. The van der Waals surface area contributed by atoms with Gasteiger partial charge in [0.1, 0.15) is 0 Å². The fourth-order valence-corrected chi connectivity index (χ4v) is 1.80. The molecule has 2 N–H and O–H groups in total. The van der Waals surface area contributed by atoms with E-state index in [0.717, 1.165) is 32.2 Å². The Labute approximate surface area is 88.2 Å². The van der Waals surface area contributed by atoms with Gasteiger partial charge in [0.25, 0.3) is 0 Å². The Bertz CT molecular complexity index is 132. The van der Waals surface area contributed by atoms with Crippen LogP contribution in [0.15, 0.2) is 0 Å². The summed E-state index contributed by atoms with van der Waals surface area (Å²) in [5.41, 5.74) is 0. The zero-order chi connectivity index (χ0) is 10.2. The van der Waals surface area contributed by atoms with Gasteiger partial charge in [-0.15, -0.1) is 0 Å². The van der Waals surface area contributed by atoms with Gasteiger partial charge in [0.2, 0.25) is 0 Å². The van der Waals surface area contributed by atoms with Gasteiger partial charge in [0, 0.05) is 25.7 Å². The van der Waals surface area contributed by atoms with Gasteiger partial charge in [-0.1, -0.05) is 13.3 Å². The lowest BCUT2D eigenvalue weighted by atomic mass is 10.1. The minimum Gasteiger partial charge on any atom is -0.314 e. The number of rotatable bonds is 6. The number of piperidine rings is 1. The second-order valence-corrected chi connectivity index (χ2v) is 4.25. The lowest BCUT2D eigenvalue weighted by Crippen LogP contribution is -2.43. The van der Waals surface area contributed by atoms with Crippen LogP contribution >= 0.6 is 0 Å². The summed E-state index contributed by atoms with van der Waals surface area (Å²) < 4.78 is 0. The fraction of sp³-hybridized carbons (Fsp3) is 1.00. The SMILES string of the molecule is CCN(C)CCNCC1CCCCN1. The summed E-state index contributed by atoms with van der Waals surface area (Å²) in [6.07, 6.45) is 4.10. The first kappa shape index (κ1) is 12.0. The van der Waals surface area contributed by atoms with Gasteiger partial charge in [0.15, 0.2) is 0 Å². The molecule has 0 spiro atoms. The van der Waals surface area contributed by atoms with E-state index in [1.165, 1.54) is 25.8 Å². The molecule has 3 nitrogen and oxygen atoms in total. The highest BCUT2D eigenvalue weighted by Crippen LogP contribution is 2.05. The van der Waals surface area contributed by atoms with Crippen LogP contribution in [0.1, 0.15) is 26.2 Å². The maximum atomic E-state index is 3.55. The topological polar surface area (TPSA) is 27.3 Å². The molecule has 1 fully saturated rings. The Hall–Kier alpha value is -0.120. The molecular formula is C11H25N3. The Morgan fingerprint density at radius 3 is 2.93 bits per heavy atom. The Morgan fingerprint density at radius 1 is 1.43 bits per heavy atom. The van der Waals surface area contributed by atoms with Crippen molar-refractivity contribution in [1.82, 2.24) is 15.5 Å². The van der Waals surface area contributed by atoms with Crippen LogP contribution in [0.5, 0.6) is 0 Å². The van der Waals surface area contributed by atoms with Crippen molar-refractivity contribution < 1.29 is 0 Å². The zero-order valence-electron chi connectivity index (χ0n) is 9.68. The van der Waals surface area contributed by atoms with E-state index in [9.17, 15) is 0 Å². The van der Waals surface area contributed by atoms with Crippen LogP contribution in [-0.4, -0.2) is 50.7 Å². The van der Waals surface area contributed by atoms with Gasteiger partial charge in [0.05, 0.1) is 0 Å². The van der Waals surface area contributed by atoms with Crippen LogP contribution in [0, 0.1) is 0 Å². The standard InChI is InChI=1S/C11H25N3/c1-3-14(2)9-8-12-10-11-6-4-5-7-13-11/h11-13H,3-10H2,1-2H3. The highest BCUT2D eigenvalue weighted by molar-refractivity contribution is 4.74. The average molecular weight is 199 g/mol. The minimum absolute atomic E-state index is 0.718. The molecule has 0 aromatic heterocycles. The second-order valence-electron chi connectivity index (χ2n) is 4.25. The molecule has 3 heteroatoms. The van der Waals surface area contributed by atoms with Crippen LogP contribution in [0.3, 0.4) is 0 Å². The van der Waals surface area contributed by atoms with Crippen LogP contribution in [0.4, 0.5) is 0 Å². The molecule has 14 heavy (non-hydrogen) atoms. The second kappa shape index (κ2) is 7.21. The summed E-state index contributed by atoms with van der Waals surface area (Å²) in [6.45, 7) is 7.95. The highest BCUT2D eigenvalue weighted by Gasteiger charge is 2.10. The van der Waals surface area contributed by atoms with E-state index in [2.05, 4.69) is 29.5 Å². The maximum Gasteiger partial charge on any atom is 0.0192 e. The van der Waals surface area contributed by atoms with Crippen LogP contribution < -0.4 is 10.6 Å². The summed E-state index contributed by atoms with van der Waals surface area (Å²) in [5, 5.41) is 7.06. The molecule has 0 aromatic carbocycles. The van der Waals surface area contributed by atoms with Gasteiger partial charge in [-0.05, 0) is 33.0 Å². The lowest BCUT2D eigenvalue weighted by molar-refractivity contribution is 0.334. The quantitative estimate of drug-likeness (QED) is 0.616. The van der Waals surface area contributed by atoms with Crippen molar-refractivity contribution >= 4 is 0 Å². The van der Waals surface area contributed by atoms with Crippen molar-refractivity contribution in [3.05, 3.63) is 0 Å². The number of nitrogens with zero attached hydrogens (tertiary/aromatic N) is 1. The van der Waals surface area contributed by atoms with Gasteiger partial charge < -0.3 is 15.5 Å². The molecule has 1 atom stereocenters. The molecule has 1 aliphatic rings. The molecule has 0 amide bonds. The fourth-order valence-electron chi connectivity index (χ4n) is 1.80. The van der Waals surface area contributed by atoms with E-state index >= 15 is 0 Å². The monoisotopic (exact) mass is 199 g/mol. The van der Waals surface area contributed by atoms with Gasteiger partial charge in [-0.2, -0.15) is 0 Å². The van der Waals surface area contributed by atoms with Crippen molar-refractivity contribution in [3.63, 3.8) is 0 Å². The summed E-state index contributed by atoms with van der Waals surface area (Å²) in [5.74, 6) is 0. The Kier molecular flexibility index (Phi) is 6.15. The third-order valence-electron chi connectivity index (χ3n) is 3.01. The molecule has 1 heterocycles. The van der Waals surface area contributed by atoms with E-state index in [-0.39, 0.29) is 0 Å². The first-order chi connectivity index (χ1) is 6.83. The predicted molar refractivity (Wildman–Crippen MR) is 61.7 cm³/mol. The molecule has 84 valence electrons. The number of likely N-dealkylation sites (N-methyl/N-ethyl adjacent to an activating group) is 1. The largest absolute Gasteiger partial charge is 0.314 e. The number of nitrogens with one attached hydrogen (secondary N) is 2. The summed E-state index contributed by atoms with van der Waals surface area (Å²) in [7, 11) is 2.17. The van der Waals surface area contributed by atoms with Crippen LogP contribution in [-0.2, 0) is 0 Å². The Morgan fingerprint density at radius 2 is 2.29 bits per heavy atom. The lowest BCUT2D eigenvalue weighted by Gasteiger charge is -2.24. The van der Waals surface area contributed by atoms with E-state index in [1.807, 2.05) is 0 Å². The summed E-state index contributed by atoms with van der Waals surface area (Å²) >= 11 is 0. The normalized spacial score (nSPS) is 22.9. The molecule has 1 rings (SSSR count). The predicted octanol–water partition coefficient (Wildman–Crippen LogP) is 0.670. The molecule has 1 saturated heterocycles. The smallest absolute Gasteiger partial charge is 0.0192 e. The third-order valence-corrected chi connectivity index (χ3v) is 3.01. The third kappa shape index (κ3) is 4.94. The number of hydrogen-bond donors (Lipinski definition) is 2. The van der Waals surface area contributed by atoms with Crippen molar-refractivity contribution in [2.24, 2.45) is 0 Å². The van der Waals surface area contributed by atoms with Crippen molar-refractivity contribution in [2.75, 3.05) is 39.8 Å². The first-order valence-electron chi connectivity index (χ1n) is 5.95. The van der Waals surface area contributed by atoms with E-state index in [4.69, 9.17) is 0 Å². The summed E-state index contributed by atoms with van der Waals surface area (Å²) in [6, 6.07) is 0.718. The van der Waals surface area contributed by atoms with Crippen molar-refractivity contribution in [1.29, 1.82) is 0 Å².